The Bertz CT molecular complexity index is 825. The van der Waals surface area contributed by atoms with Gasteiger partial charge in [-0.25, -0.2) is 4.39 Å². The third kappa shape index (κ3) is 4.03. The molecule has 0 aliphatic carbocycles. The van der Waals surface area contributed by atoms with Gasteiger partial charge in [0.15, 0.2) is 0 Å². The lowest BCUT2D eigenvalue weighted by Gasteiger charge is -2.47. The highest BCUT2D eigenvalue weighted by atomic mass is 19.1. The molecule has 1 amide bonds. The second kappa shape index (κ2) is 7.89. The quantitative estimate of drug-likeness (QED) is 0.812. The number of benzene rings is 2. The summed E-state index contributed by atoms with van der Waals surface area (Å²) in [4.78, 5) is 16.5. The number of morpholine rings is 1. The number of amides is 1. The lowest BCUT2D eigenvalue weighted by atomic mass is 9.90. The van der Waals surface area contributed by atoms with Gasteiger partial charge in [0.2, 0.25) is 0 Å². The van der Waals surface area contributed by atoms with Gasteiger partial charge >= 0.3 is 0 Å². The number of carbonyl (C=O) groups is 1. The highest BCUT2D eigenvalue weighted by molar-refractivity contribution is 5.95. The molecule has 0 bridgehead atoms. The van der Waals surface area contributed by atoms with Crippen molar-refractivity contribution in [3.05, 3.63) is 59.9 Å². The Balaban J connectivity index is 1.47. The first kappa shape index (κ1) is 18.9. The topological polar surface area (TPSA) is 42.0 Å². The number of rotatable bonds is 4. The van der Waals surface area contributed by atoms with E-state index in [1.807, 2.05) is 12.1 Å². The summed E-state index contributed by atoms with van der Waals surface area (Å²) in [7, 11) is 1.66. The number of anilines is 1. The summed E-state index contributed by atoms with van der Waals surface area (Å²) in [6.45, 7) is 3.16. The smallest absolute Gasteiger partial charge is 0.253 e. The van der Waals surface area contributed by atoms with Crippen molar-refractivity contribution in [1.82, 2.24) is 4.90 Å². The van der Waals surface area contributed by atoms with Gasteiger partial charge in [-0.15, -0.1) is 0 Å². The second-order valence-electron chi connectivity index (χ2n) is 7.59. The standard InChI is InChI=1S/C22H25FN2O3/c1-27-20-9-3-17(4-10-20)13-24-12-2-11-22(15-24)16-25(21(26)14-28-22)19-7-5-18(23)6-8-19/h3-10H,2,11-16H2,1H3. The van der Waals surface area contributed by atoms with Crippen LogP contribution in [0.4, 0.5) is 10.1 Å². The van der Waals surface area contributed by atoms with Gasteiger partial charge in [-0.05, 0) is 61.3 Å². The minimum atomic E-state index is -0.382. The number of hydrogen-bond donors (Lipinski definition) is 0. The largest absolute Gasteiger partial charge is 0.497 e. The summed E-state index contributed by atoms with van der Waals surface area (Å²) in [5, 5.41) is 0. The van der Waals surface area contributed by atoms with Crippen LogP contribution in [0, 0.1) is 5.82 Å². The van der Waals surface area contributed by atoms with Crippen LogP contribution in [0.2, 0.25) is 0 Å². The average molecular weight is 384 g/mol. The van der Waals surface area contributed by atoms with E-state index in [9.17, 15) is 9.18 Å². The molecule has 4 rings (SSSR count). The van der Waals surface area contributed by atoms with Gasteiger partial charge in [-0.3, -0.25) is 9.69 Å². The minimum Gasteiger partial charge on any atom is -0.497 e. The minimum absolute atomic E-state index is 0.0632. The fourth-order valence-corrected chi connectivity index (χ4v) is 4.13. The van der Waals surface area contributed by atoms with Crippen molar-refractivity contribution in [2.24, 2.45) is 0 Å². The second-order valence-corrected chi connectivity index (χ2v) is 7.59. The molecule has 2 aliphatic heterocycles. The van der Waals surface area contributed by atoms with Gasteiger partial charge in [0.1, 0.15) is 18.2 Å². The molecule has 0 N–H and O–H groups in total. The molecule has 2 heterocycles. The van der Waals surface area contributed by atoms with Crippen LogP contribution in [0.1, 0.15) is 18.4 Å². The Labute approximate surface area is 164 Å². The molecule has 5 nitrogen and oxygen atoms in total. The van der Waals surface area contributed by atoms with Crippen molar-refractivity contribution in [3.63, 3.8) is 0 Å². The molecule has 0 radical (unpaired) electrons. The zero-order valence-electron chi connectivity index (χ0n) is 16.1. The number of likely N-dealkylation sites (tertiary alicyclic amines) is 1. The van der Waals surface area contributed by atoms with Crippen molar-refractivity contribution in [2.75, 3.05) is 38.3 Å². The van der Waals surface area contributed by atoms with Crippen LogP contribution in [0.3, 0.4) is 0 Å². The number of methoxy groups -OCH3 is 1. The van der Waals surface area contributed by atoms with Gasteiger partial charge in [-0.1, -0.05) is 12.1 Å². The van der Waals surface area contributed by atoms with Crippen molar-refractivity contribution in [2.45, 2.75) is 25.0 Å². The van der Waals surface area contributed by atoms with Gasteiger partial charge < -0.3 is 14.4 Å². The Morgan fingerprint density at radius 1 is 1.11 bits per heavy atom. The van der Waals surface area contributed by atoms with E-state index in [-0.39, 0.29) is 23.9 Å². The number of carbonyl (C=O) groups excluding carboxylic acids is 1. The van der Waals surface area contributed by atoms with E-state index in [1.54, 1.807) is 24.1 Å². The van der Waals surface area contributed by atoms with Gasteiger partial charge in [0.05, 0.1) is 19.3 Å². The summed E-state index contributed by atoms with van der Waals surface area (Å²) in [5.41, 5.74) is 1.56. The average Bonchev–Trinajstić information content (AvgIpc) is 2.72. The molecule has 28 heavy (non-hydrogen) atoms. The molecule has 2 fully saturated rings. The Morgan fingerprint density at radius 3 is 2.57 bits per heavy atom. The van der Waals surface area contributed by atoms with Crippen LogP contribution in [0.25, 0.3) is 0 Å². The van der Waals surface area contributed by atoms with Gasteiger partial charge in [0.25, 0.3) is 5.91 Å². The van der Waals surface area contributed by atoms with Gasteiger partial charge in [-0.2, -0.15) is 0 Å². The molecule has 0 saturated carbocycles. The maximum Gasteiger partial charge on any atom is 0.253 e. The molecule has 1 unspecified atom stereocenters. The Hall–Kier alpha value is -2.44. The maximum absolute atomic E-state index is 13.3. The fraction of sp³-hybridized carbons (Fsp3) is 0.409. The molecule has 2 saturated heterocycles. The van der Waals surface area contributed by atoms with Crippen molar-refractivity contribution >= 4 is 11.6 Å². The SMILES string of the molecule is COc1ccc(CN2CCCC3(C2)CN(c2ccc(F)cc2)C(=O)CO3)cc1. The predicted molar refractivity (Wildman–Crippen MR) is 105 cm³/mol. The molecule has 2 aromatic rings. The van der Waals surface area contributed by atoms with Gasteiger partial charge in [0, 0.05) is 18.8 Å². The van der Waals surface area contributed by atoms with Crippen LogP contribution in [0.15, 0.2) is 48.5 Å². The molecule has 2 aromatic carbocycles. The van der Waals surface area contributed by atoms with E-state index < -0.39 is 0 Å². The van der Waals surface area contributed by atoms with Crippen LogP contribution >= 0.6 is 0 Å². The van der Waals surface area contributed by atoms with Crippen LogP contribution in [0.5, 0.6) is 5.75 Å². The molecule has 6 heteroatoms. The van der Waals surface area contributed by atoms with Crippen molar-refractivity contribution < 1.29 is 18.7 Å². The number of ether oxygens (including phenoxy) is 2. The van der Waals surface area contributed by atoms with Crippen LogP contribution in [-0.2, 0) is 16.1 Å². The van der Waals surface area contributed by atoms with E-state index in [0.717, 1.165) is 43.9 Å². The van der Waals surface area contributed by atoms with Crippen LogP contribution in [-0.4, -0.2) is 49.8 Å². The lowest BCUT2D eigenvalue weighted by molar-refractivity contribution is -0.146. The molecule has 148 valence electrons. The zero-order chi connectivity index (χ0) is 19.6. The Morgan fingerprint density at radius 2 is 1.86 bits per heavy atom. The summed E-state index contributed by atoms with van der Waals surface area (Å²) in [6, 6.07) is 14.2. The molecule has 1 spiro atoms. The summed E-state index contributed by atoms with van der Waals surface area (Å²) < 4.78 is 24.6. The van der Waals surface area contributed by atoms with E-state index in [0.29, 0.717) is 6.54 Å². The zero-order valence-corrected chi connectivity index (χ0v) is 16.1. The first-order chi connectivity index (χ1) is 13.6. The van der Waals surface area contributed by atoms with E-state index in [2.05, 4.69) is 17.0 Å². The fourth-order valence-electron chi connectivity index (χ4n) is 4.13. The first-order valence-corrected chi connectivity index (χ1v) is 9.62. The normalized spacial score (nSPS) is 23.2. The summed E-state index contributed by atoms with van der Waals surface area (Å²) in [5.74, 6) is 0.468. The third-order valence-corrected chi connectivity index (χ3v) is 5.57. The van der Waals surface area contributed by atoms with E-state index in [1.165, 1.54) is 17.7 Å². The highest BCUT2D eigenvalue weighted by Crippen LogP contribution is 2.32. The number of nitrogens with zero attached hydrogens (tertiary/aromatic N) is 2. The van der Waals surface area contributed by atoms with E-state index in [4.69, 9.17) is 9.47 Å². The summed E-state index contributed by atoms with van der Waals surface area (Å²) in [6.07, 6.45) is 1.93. The molecule has 2 aliphatic rings. The predicted octanol–water partition coefficient (Wildman–Crippen LogP) is 3.23. The third-order valence-electron chi connectivity index (χ3n) is 5.57. The molecule has 1 atom stereocenters. The Kier molecular flexibility index (Phi) is 5.33. The molecule has 0 aromatic heterocycles. The van der Waals surface area contributed by atoms with E-state index >= 15 is 0 Å². The lowest BCUT2D eigenvalue weighted by Crippen LogP contribution is -2.61. The summed E-state index contributed by atoms with van der Waals surface area (Å²) >= 11 is 0. The van der Waals surface area contributed by atoms with Crippen LogP contribution < -0.4 is 9.64 Å². The highest BCUT2D eigenvalue weighted by Gasteiger charge is 2.43. The van der Waals surface area contributed by atoms with Crippen molar-refractivity contribution in [3.8, 4) is 5.75 Å². The van der Waals surface area contributed by atoms with Crippen molar-refractivity contribution in [1.29, 1.82) is 0 Å². The maximum atomic E-state index is 13.3. The number of hydrogen-bond acceptors (Lipinski definition) is 4. The molecular weight excluding hydrogens is 359 g/mol. The molecular formula is C22H25FN2O3. The number of piperidine rings is 1. The monoisotopic (exact) mass is 384 g/mol. The number of halogens is 1. The first-order valence-electron chi connectivity index (χ1n) is 9.62.